The molecule has 0 bridgehead atoms. The molecule has 0 aliphatic carbocycles. The van der Waals surface area contributed by atoms with Gasteiger partial charge in [0.1, 0.15) is 0 Å². The van der Waals surface area contributed by atoms with Crippen molar-refractivity contribution in [3.63, 3.8) is 0 Å². The van der Waals surface area contributed by atoms with Crippen molar-refractivity contribution >= 4 is 20.5 Å². The maximum absolute atomic E-state index is 6.11. The largest absolute Gasteiger partial charge is 0.531 e. The average molecular weight is 258 g/mol. The first-order valence-electron chi connectivity index (χ1n) is 5.74. The summed E-state index contributed by atoms with van der Waals surface area (Å²) in [5.74, 6) is 1.38. The van der Waals surface area contributed by atoms with Crippen molar-refractivity contribution in [2.24, 2.45) is 7.05 Å². The van der Waals surface area contributed by atoms with Gasteiger partial charge in [-0.05, 0) is 38.3 Å². The van der Waals surface area contributed by atoms with Crippen molar-refractivity contribution in [2.75, 3.05) is 0 Å². The minimum atomic E-state index is -1.59. The lowest BCUT2D eigenvalue weighted by atomic mass is 10.1. The molecule has 1 aromatic heterocycles. The van der Waals surface area contributed by atoms with E-state index in [2.05, 4.69) is 38.5 Å². The summed E-state index contributed by atoms with van der Waals surface area (Å²) in [6.07, 6.45) is 1.08. The number of nitrogens with one attached hydrogen (secondary N) is 1. The zero-order valence-electron chi connectivity index (χ0n) is 11.0. The summed E-state index contributed by atoms with van der Waals surface area (Å²) >= 11 is 5.26. The highest BCUT2D eigenvalue weighted by atomic mass is 32.1. The number of hydrogen-bond donors (Lipinski definition) is 1. The minimum Gasteiger partial charge on any atom is -0.531 e. The summed E-state index contributed by atoms with van der Waals surface area (Å²) in [6, 6.07) is 0. The fourth-order valence-electron chi connectivity index (χ4n) is 1.48. The van der Waals surface area contributed by atoms with Crippen LogP contribution in [0.15, 0.2) is 0 Å². The molecule has 0 aromatic carbocycles. The number of aromatic amines is 1. The van der Waals surface area contributed by atoms with E-state index >= 15 is 0 Å². The monoisotopic (exact) mass is 258 g/mol. The van der Waals surface area contributed by atoms with Gasteiger partial charge >= 0.3 is 0 Å². The quantitative estimate of drug-likeness (QED) is 0.657. The van der Waals surface area contributed by atoms with Gasteiger partial charge in [-0.1, -0.05) is 13.8 Å². The van der Waals surface area contributed by atoms with E-state index in [1.807, 2.05) is 11.6 Å². The van der Waals surface area contributed by atoms with Crippen molar-refractivity contribution in [3.8, 4) is 5.88 Å². The molecule has 0 fully saturated rings. The smallest absolute Gasteiger partial charge is 0.244 e. The molecule has 1 atom stereocenters. The second-order valence-electron chi connectivity index (χ2n) is 5.23. The minimum absolute atomic E-state index is 0.453. The molecule has 0 saturated carbocycles. The van der Waals surface area contributed by atoms with Gasteiger partial charge in [0.05, 0.1) is 5.69 Å². The highest BCUT2D eigenvalue weighted by molar-refractivity contribution is 7.71. The van der Waals surface area contributed by atoms with E-state index in [0.717, 1.165) is 22.8 Å². The number of H-pyrrole nitrogens is 1. The van der Waals surface area contributed by atoms with Gasteiger partial charge in [0.2, 0.25) is 14.2 Å². The molecular formula is C11H22N2OSSi. The van der Waals surface area contributed by atoms with Crippen molar-refractivity contribution in [3.05, 3.63) is 10.5 Å². The predicted molar refractivity (Wildman–Crippen MR) is 73.3 cm³/mol. The van der Waals surface area contributed by atoms with E-state index in [9.17, 15) is 0 Å². The molecule has 92 valence electrons. The number of rotatable bonds is 4. The molecule has 16 heavy (non-hydrogen) atoms. The number of nitrogens with zero attached hydrogens (tertiary/aromatic N) is 1. The van der Waals surface area contributed by atoms with Gasteiger partial charge in [0.15, 0.2) is 4.77 Å². The SMILES string of the molecule is CCC(C)c1[nH]c(=S)n(C)c1O[Si](C)(C)C. The van der Waals surface area contributed by atoms with Crippen LogP contribution in [0.3, 0.4) is 0 Å². The molecule has 1 N–H and O–H groups in total. The van der Waals surface area contributed by atoms with E-state index < -0.39 is 8.32 Å². The lowest BCUT2D eigenvalue weighted by Crippen LogP contribution is -2.30. The van der Waals surface area contributed by atoms with Gasteiger partial charge in [-0.2, -0.15) is 0 Å². The molecule has 0 spiro atoms. The van der Waals surface area contributed by atoms with Crippen LogP contribution >= 0.6 is 12.2 Å². The van der Waals surface area contributed by atoms with Crippen LogP contribution in [0, 0.1) is 4.77 Å². The molecule has 1 aromatic rings. The third-order valence-electron chi connectivity index (χ3n) is 2.59. The normalized spacial score (nSPS) is 13.9. The van der Waals surface area contributed by atoms with E-state index in [4.69, 9.17) is 16.6 Å². The molecule has 1 heterocycles. The molecule has 0 aliphatic rings. The van der Waals surface area contributed by atoms with Crippen LogP contribution < -0.4 is 4.43 Å². The van der Waals surface area contributed by atoms with Crippen LogP contribution in [-0.2, 0) is 7.05 Å². The van der Waals surface area contributed by atoms with Crippen LogP contribution in [0.1, 0.15) is 31.9 Å². The highest BCUT2D eigenvalue weighted by Crippen LogP contribution is 2.29. The maximum Gasteiger partial charge on any atom is 0.244 e. The van der Waals surface area contributed by atoms with Gasteiger partial charge in [0.25, 0.3) is 0 Å². The fourth-order valence-corrected chi connectivity index (χ4v) is 2.50. The summed E-state index contributed by atoms with van der Waals surface area (Å²) in [6.45, 7) is 10.9. The van der Waals surface area contributed by atoms with Gasteiger partial charge in [0, 0.05) is 13.0 Å². The van der Waals surface area contributed by atoms with E-state index in [1.165, 1.54) is 0 Å². The Labute approximate surface area is 104 Å². The van der Waals surface area contributed by atoms with Gasteiger partial charge in [-0.25, -0.2) is 0 Å². The Morgan fingerprint density at radius 2 is 2.00 bits per heavy atom. The third-order valence-corrected chi connectivity index (χ3v) is 3.77. The zero-order chi connectivity index (χ0) is 12.5. The summed E-state index contributed by atoms with van der Waals surface area (Å²) in [4.78, 5) is 3.26. The van der Waals surface area contributed by atoms with Crippen LogP contribution in [-0.4, -0.2) is 17.9 Å². The highest BCUT2D eigenvalue weighted by Gasteiger charge is 2.23. The molecule has 0 saturated heterocycles. The van der Waals surface area contributed by atoms with Crippen molar-refractivity contribution in [2.45, 2.75) is 45.8 Å². The Morgan fingerprint density at radius 3 is 2.44 bits per heavy atom. The molecule has 1 unspecified atom stereocenters. The number of aromatic nitrogens is 2. The molecule has 1 rings (SSSR count). The summed E-state index contributed by atoms with van der Waals surface area (Å²) in [5, 5.41) is 0. The predicted octanol–water partition coefficient (Wildman–Crippen LogP) is 3.81. The second-order valence-corrected chi connectivity index (χ2v) is 10.0. The van der Waals surface area contributed by atoms with Crippen LogP contribution in [0.2, 0.25) is 19.6 Å². The van der Waals surface area contributed by atoms with Crippen LogP contribution in [0.25, 0.3) is 0 Å². The molecule has 3 nitrogen and oxygen atoms in total. The average Bonchev–Trinajstić information content (AvgIpc) is 2.43. The van der Waals surface area contributed by atoms with E-state index in [0.29, 0.717) is 5.92 Å². The van der Waals surface area contributed by atoms with Crippen LogP contribution in [0.4, 0.5) is 0 Å². The maximum atomic E-state index is 6.11. The van der Waals surface area contributed by atoms with E-state index in [1.54, 1.807) is 0 Å². The molecule has 0 radical (unpaired) electrons. The van der Waals surface area contributed by atoms with E-state index in [-0.39, 0.29) is 0 Å². The van der Waals surface area contributed by atoms with Gasteiger partial charge in [-0.3, -0.25) is 4.57 Å². The number of imidazole rings is 1. The van der Waals surface area contributed by atoms with Gasteiger partial charge in [-0.15, -0.1) is 0 Å². The molecule has 5 heteroatoms. The lowest BCUT2D eigenvalue weighted by molar-refractivity contribution is 0.492. The Morgan fingerprint density at radius 1 is 1.44 bits per heavy atom. The Bertz CT molecular complexity index is 417. The number of hydrogen-bond acceptors (Lipinski definition) is 2. The zero-order valence-corrected chi connectivity index (χ0v) is 12.9. The summed E-state index contributed by atoms with van der Waals surface area (Å²) < 4.78 is 8.79. The standard InChI is InChI=1S/C11H22N2OSSi/c1-7-8(2)9-10(14-16(4,5)6)13(3)11(15)12-9/h8H,7H2,1-6H3,(H,12,15). The first-order valence-corrected chi connectivity index (χ1v) is 9.55. The summed E-state index contributed by atoms with van der Waals surface area (Å²) in [7, 11) is 0.365. The van der Waals surface area contributed by atoms with Crippen LogP contribution in [0.5, 0.6) is 5.88 Å². The summed E-state index contributed by atoms with van der Waals surface area (Å²) in [5.41, 5.74) is 1.14. The third kappa shape index (κ3) is 2.98. The molecule has 0 amide bonds. The Hall–Kier alpha value is -0.553. The van der Waals surface area contributed by atoms with Gasteiger partial charge < -0.3 is 9.41 Å². The lowest BCUT2D eigenvalue weighted by Gasteiger charge is -2.21. The van der Waals surface area contributed by atoms with Crippen molar-refractivity contribution < 1.29 is 4.43 Å². The van der Waals surface area contributed by atoms with Crippen molar-refractivity contribution in [1.82, 2.24) is 9.55 Å². The molecule has 0 aliphatic heterocycles. The first-order chi connectivity index (χ1) is 7.26. The second kappa shape index (κ2) is 4.75. The Kier molecular flexibility index (Phi) is 4.01. The Balaban J connectivity index is 3.19. The first kappa shape index (κ1) is 13.5. The fraction of sp³-hybridized carbons (Fsp3) is 0.727. The van der Waals surface area contributed by atoms with Crippen molar-refractivity contribution in [1.29, 1.82) is 0 Å². The topological polar surface area (TPSA) is 29.9 Å². The molecular weight excluding hydrogens is 236 g/mol.